The van der Waals surface area contributed by atoms with Crippen LogP contribution in [0.5, 0.6) is 0 Å². The van der Waals surface area contributed by atoms with Gasteiger partial charge in [-0.25, -0.2) is 4.79 Å². The predicted octanol–water partition coefficient (Wildman–Crippen LogP) is 2.79. The molecule has 0 aliphatic rings. The molecule has 118 valence electrons. The number of thiophene rings is 1. The molecule has 2 atom stereocenters. The summed E-state index contributed by atoms with van der Waals surface area (Å²) in [6.07, 6.45) is 2.14. The van der Waals surface area contributed by atoms with Crippen LogP contribution in [0.1, 0.15) is 36.4 Å². The number of carboxylic acid groups (broad SMARTS) is 1. The van der Waals surface area contributed by atoms with Crippen molar-refractivity contribution in [1.82, 2.24) is 10.6 Å². The van der Waals surface area contributed by atoms with Crippen molar-refractivity contribution >= 4 is 23.3 Å². The molecule has 0 bridgehead atoms. The molecular formula is C15H24N2O3S. The maximum Gasteiger partial charge on any atom is 0.315 e. The Kier molecular flexibility index (Phi) is 7.22. The Bertz CT molecular complexity index is 473. The second-order valence-electron chi connectivity index (χ2n) is 5.30. The number of aryl methyl sites for hydroxylation is 1. The number of rotatable bonds is 8. The fraction of sp³-hybridized carbons (Fsp3) is 0.600. The van der Waals surface area contributed by atoms with Gasteiger partial charge >= 0.3 is 12.0 Å². The molecule has 1 aromatic rings. The van der Waals surface area contributed by atoms with Gasteiger partial charge in [0.15, 0.2) is 0 Å². The van der Waals surface area contributed by atoms with Gasteiger partial charge in [0.05, 0.1) is 5.92 Å². The first-order valence-electron chi connectivity index (χ1n) is 7.24. The van der Waals surface area contributed by atoms with Crippen LogP contribution >= 0.6 is 11.3 Å². The van der Waals surface area contributed by atoms with Gasteiger partial charge in [-0.1, -0.05) is 13.3 Å². The summed E-state index contributed by atoms with van der Waals surface area (Å²) in [4.78, 5) is 25.3. The number of nitrogens with one attached hydrogen (secondary N) is 2. The van der Waals surface area contributed by atoms with Gasteiger partial charge in [0.2, 0.25) is 0 Å². The van der Waals surface area contributed by atoms with E-state index in [1.165, 1.54) is 9.75 Å². The molecule has 0 radical (unpaired) electrons. The highest BCUT2D eigenvalue weighted by atomic mass is 32.1. The van der Waals surface area contributed by atoms with Crippen molar-refractivity contribution in [1.29, 1.82) is 0 Å². The molecule has 1 aromatic heterocycles. The van der Waals surface area contributed by atoms with E-state index < -0.39 is 11.9 Å². The molecule has 1 rings (SSSR count). The fourth-order valence-electron chi connectivity index (χ4n) is 2.10. The average molecular weight is 312 g/mol. The van der Waals surface area contributed by atoms with Gasteiger partial charge in [0, 0.05) is 28.8 Å². The Morgan fingerprint density at radius 3 is 2.62 bits per heavy atom. The highest BCUT2D eigenvalue weighted by Gasteiger charge is 2.17. The SMILES string of the molecule is CCCC(CNC(=O)NC(C)Cc1ccc(C)s1)C(=O)O. The average Bonchev–Trinajstić information content (AvgIpc) is 2.79. The molecule has 5 nitrogen and oxygen atoms in total. The molecule has 6 heteroatoms. The summed E-state index contributed by atoms with van der Waals surface area (Å²) in [7, 11) is 0. The van der Waals surface area contributed by atoms with Crippen LogP contribution in [-0.2, 0) is 11.2 Å². The van der Waals surface area contributed by atoms with E-state index in [9.17, 15) is 9.59 Å². The molecular weight excluding hydrogens is 288 g/mol. The lowest BCUT2D eigenvalue weighted by molar-refractivity contribution is -0.141. The third kappa shape index (κ3) is 6.62. The maximum absolute atomic E-state index is 11.8. The Labute approximate surface area is 129 Å². The Balaban J connectivity index is 2.33. The van der Waals surface area contributed by atoms with E-state index >= 15 is 0 Å². The summed E-state index contributed by atoms with van der Waals surface area (Å²) in [5, 5.41) is 14.5. The summed E-state index contributed by atoms with van der Waals surface area (Å²) in [6.45, 7) is 6.09. The molecule has 2 unspecified atom stereocenters. The zero-order chi connectivity index (χ0) is 15.8. The lowest BCUT2D eigenvalue weighted by Gasteiger charge is -2.16. The van der Waals surface area contributed by atoms with Crippen LogP contribution < -0.4 is 10.6 Å². The highest BCUT2D eigenvalue weighted by Crippen LogP contribution is 2.16. The third-order valence-corrected chi connectivity index (χ3v) is 4.20. The Morgan fingerprint density at radius 1 is 1.38 bits per heavy atom. The first-order valence-corrected chi connectivity index (χ1v) is 8.06. The molecule has 0 aromatic carbocycles. The van der Waals surface area contributed by atoms with E-state index in [2.05, 4.69) is 29.7 Å². The van der Waals surface area contributed by atoms with Crippen LogP contribution in [-0.4, -0.2) is 29.7 Å². The standard InChI is InChI=1S/C15H24N2O3S/c1-4-5-12(14(18)19)9-16-15(20)17-10(2)8-13-7-6-11(3)21-13/h6-7,10,12H,4-5,8-9H2,1-3H3,(H,18,19)(H2,16,17,20). The van der Waals surface area contributed by atoms with Gasteiger partial charge in [0.1, 0.15) is 0 Å². The van der Waals surface area contributed by atoms with Crippen LogP contribution in [0.25, 0.3) is 0 Å². The van der Waals surface area contributed by atoms with Crippen molar-refractivity contribution in [3.8, 4) is 0 Å². The quantitative estimate of drug-likeness (QED) is 0.690. The maximum atomic E-state index is 11.8. The van der Waals surface area contributed by atoms with Crippen molar-refractivity contribution in [2.45, 2.75) is 46.1 Å². The van der Waals surface area contributed by atoms with Crippen molar-refractivity contribution < 1.29 is 14.7 Å². The molecule has 0 aliphatic carbocycles. The Morgan fingerprint density at radius 2 is 2.10 bits per heavy atom. The van der Waals surface area contributed by atoms with Gasteiger partial charge < -0.3 is 15.7 Å². The van der Waals surface area contributed by atoms with E-state index in [0.717, 1.165) is 12.8 Å². The van der Waals surface area contributed by atoms with E-state index in [0.29, 0.717) is 6.42 Å². The fourth-order valence-corrected chi connectivity index (χ4v) is 3.12. The predicted molar refractivity (Wildman–Crippen MR) is 84.8 cm³/mol. The normalized spacial score (nSPS) is 13.5. The van der Waals surface area contributed by atoms with Gasteiger partial charge in [-0.05, 0) is 32.4 Å². The zero-order valence-electron chi connectivity index (χ0n) is 12.8. The number of amides is 2. The summed E-state index contributed by atoms with van der Waals surface area (Å²) >= 11 is 1.72. The van der Waals surface area contributed by atoms with Crippen molar-refractivity contribution in [2.24, 2.45) is 5.92 Å². The smallest absolute Gasteiger partial charge is 0.315 e. The minimum atomic E-state index is -0.862. The summed E-state index contributed by atoms with van der Waals surface area (Å²) in [6, 6.07) is 3.84. The molecule has 0 saturated heterocycles. The van der Waals surface area contributed by atoms with Gasteiger partial charge in [-0.15, -0.1) is 11.3 Å². The Hall–Kier alpha value is -1.56. The lowest BCUT2D eigenvalue weighted by Crippen LogP contribution is -2.44. The zero-order valence-corrected chi connectivity index (χ0v) is 13.6. The first-order chi connectivity index (χ1) is 9.92. The molecule has 0 fully saturated rings. The highest BCUT2D eigenvalue weighted by molar-refractivity contribution is 7.11. The molecule has 0 spiro atoms. The number of carbonyl (C=O) groups is 2. The topological polar surface area (TPSA) is 78.4 Å². The number of aliphatic carboxylic acids is 1. The first kappa shape index (κ1) is 17.5. The summed E-state index contributed by atoms with van der Waals surface area (Å²) in [5.74, 6) is -1.38. The lowest BCUT2D eigenvalue weighted by atomic mass is 10.0. The number of carboxylic acids is 1. The molecule has 2 amide bonds. The molecule has 21 heavy (non-hydrogen) atoms. The number of hydrogen-bond donors (Lipinski definition) is 3. The second kappa shape index (κ2) is 8.67. The minimum Gasteiger partial charge on any atom is -0.481 e. The van der Waals surface area contributed by atoms with Crippen molar-refractivity contribution in [3.63, 3.8) is 0 Å². The monoisotopic (exact) mass is 312 g/mol. The summed E-state index contributed by atoms with van der Waals surface area (Å²) in [5.41, 5.74) is 0. The van der Waals surface area contributed by atoms with E-state index in [1.54, 1.807) is 11.3 Å². The van der Waals surface area contributed by atoms with Crippen LogP contribution in [0.15, 0.2) is 12.1 Å². The van der Waals surface area contributed by atoms with Gasteiger partial charge in [-0.3, -0.25) is 4.79 Å². The molecule has 0 saturated carbocycles. The second-order valence-corrected chi connectivity index (χ2v) is 6.67. The minimum absolute atomic E-state index is 0.0116. The van der Waals surface area contributed by atoms with Crippen LogP contribution in [0.2, 0.25) is 0 Å². The van der Waals surface area contributed by atoms with Crippen LogP contribution in [0.3, 0.4) is 0 Å². The number of urea groups is 1. The summed E-state index contributed by atoms with van der Waals surface area (Å²) < 4.78 is 0. The largest absolute Gasteiger partial charge is 0.481 e. The van der Waals surface area contributed by atoms with E-state index in [4.69, 9.17) is 5.11 Å². The molecule has 0 aliphatic heterocycles. The molecule has 3 N–H and O–H groups in total. The van der Waals surface area contributed by atoms with Gasteiger partial charge in [-0.2, -0.15) is 0 Å². The van der Waals surface area contributed by atoms with Crippen LogP contribution in [0.4, 0.5) is 4.79 Å². The van der Waals surface area contributed by atoms with E-state index in [-0.39, 0.29) is 18.6 Å². The van der Waals surface area contributed by atoms with Crippen LogP contribution in [0, 0.1) is 12.8 Å². The molecule has 1 heterocycles. The number of hydrogen-bond acceptors (Lipinski definition) is 3. The number of carbonyl (C=O) groups excluding carboxylic acids is 1. The van der Waals surface area contributed by atoms with Crippen molar-refractivity contribution in [3.05, 3.63) is 21.9 Å². The third-order valence-electron chi connectivity index (χ3n) is 3.18. The van der Waals surface area contributed by atoms with Crippen molar-refractivity contribution in [2.75, 3.05) is 6.54 Å². The van der Waals surface area contributed by atoms with Gasteiger partial charge in [0.25, 0.3) is 0 Å². The van der Waals surface area contributed by atoms with E-state index in [1.807, 2.05) is 13.8 Å².